The molecule has 0 saturated heterocycles. The number of hydrogen-bond acceptors (Lipinski definition) is 4. The van der Waals surface area contributed by atoms with Crippen molar-refractivity contribution in [1.29, 1.82) is 0 Å². The van der Waals surface area contributed by atoms with E-state index in [0.29, 0.717) is 24.6 Å². The zero-order valence-electron chi connectivity index (χ0n) is 15.3. The van der Waals surface area contributed by atoms with Crippen LogP contribution in [0.4, 0.5) is 4.79 Å². The van der Waals surface area contributed by atoms with Crippen LogP contribution < -0.4 is 20.1 Å². The number of ether oxygens (including phenoxy) is 2. The van der Waals surface area contributed by atoms with E-state index in [-0.39, 0.29) is 11.4 Å². The quantitative estimate of drug-likeness (QED) is 0.768. The number of rotatable bonds is 7. The first kappa shape index (κ1) is 18.6. The Hall–Kier alpha value is -2.21. The summed E-state index contributed by atoms with van der Waals surface area (Å²) in [6, 6.07) is 7.70. The first-order valence-corrected chi connectivity index (χ1v) is 9.86. The van der Waals surface area contributed by atoms with Gasteiger partial charge in [0.25, 0.3) is 0 Å². The zero-order valence-corrected chi connectivity index (χ0v) is 16.2. The molecule has 1 aliphatic carbocycles. The van der Waals surface area contributed by atoms with Crippen molar-refractivity contribution in [2.75, 3.05) is 20.8 Å². The van der Waals surface area contributed by atoms with Crippen molar-refractivity contribution in [2.45, 2.75) is 37.6 Å². The number of amides is 2. The lowest BCUT2D eigenvalue weighted by Crippen LogP contribution is -2.43. The van der Waals surface area contributed by atoms with E-state index in [4.69, 9.17) is 9.47 Å². The van der Waals surface area contributed by atoms with Gasteiger partial charge < -0.3 is 20.1 Å². The predicted molar refractivity (Wildman–Crippen MR) is 104 cm³/mol. The van der Waals surface area contributed by atoms with Crippen molar-refractivity contribution in [3.63, 3.8) is 0 Å². The Morgan fingerprint density at radius 3 is 2.54 bits per heavy atom. The number of carbonyl (C=O) groups is 1. The van der Waals surface area contributed by atoms with E-state index in [0.717, 1.165) is 18.4 Å². The third kappa shape index (κ3) is 4.12. The van der Waals surface area contributed by atoms with Gasteiger partial charge in [-0.15, -0.1) is 0 Å². The van der Waals surface area contributed by atoms with Gasteiger partial charge >= 0.3 is 6.03 Å². The van der Waals surface area contributed by atoms with Crippen molar-refractivity contribution in [3.8, 4) is 11.5 Å². The summed E-state index contributed by atoms with van der Waals surface area (Å²) in [6.07, 6.45) is 4.73. The maximum atomic E-state index is 12.3. The molecule has 0 unspecified atom stereocenters. The topological polar surface area (TPSA) is 59.6 Å². The number of benzene rings is 1. The van der Waals surface area contributed by atoms with E-state index in [1.165, 1.54) is 18.4 Å². The van der Waals surface area contributed by atoms with Crippen molar-refractivity contribution in [1.82, 2.24) is 10.6 Å². The lowest BCUT2D eigenvalue weighted by Gasteiger charge is -2.28. The van der Waals surface area contributed by atoms with Crippen LogP contribution in [0, 0.1) is 0 Å². The molecule has 2 N–H and O–H groups in total. The lowest BCUT2D eigenvalue weighted by atomic mass is 9.80. The Morgan fingerprint density at radius 1 is 1.12 bits per heavy atom. The second kappa shape index (κ2) is 8.45. The summed E-state index contributed by atoms with van der Waals surface area (Å²) in [5.74, 6) is 1.34. The molecule has 140 valence electrons. The van der Waals surface area contributed by atoms with E-state index in [1.807, 2.05) is 18.2 Å². The lowest BCUT2D eigenvalue weighted by molar-refractivity contribution is 0.236. The highest BCUT2D eigenvalue weighted by Gasteiger charge is 2.36. The summed E-state index contributed by atoms with van der Waals surface area (Å²) >= 11 is 1.72. The standard InChI is InChI=1S/C20H26N2O3S/c1-24-17-6-5-15(11-18(17)25-2)12-21-19(23)22-14-20(8-3-4-9-20)16-7-10-26-13-16/h5-7,10-11,13H,3-4,8-9,12,14H2,1-2H3,(H2,21,22,23). The maximum absolute atomic E-state index is 12.3. The molecule has 2 amide bonds. The summed E-state index contributed by atoms with van der Waals surface area (Å²) in [7, 11) is 3.21. The van der Waals surface area contributed by atoms with Gasteiger partial charge in [-0.1, -0.05) is 18.9 Å². The van der Waals surface area contributed by atoms with Gasteiger partial charge in [-0.25, -0.2) is 4.79 Å². The molecule has 3 rings (SSSR count). The van der Waals surface area contributed by atoms with Crippen molar-refractivity contribution in [3.05, 3.63) is 46.2 Å². The molecule has 1 aromatic carbocycles. The van der Waals surface area contributed by atoms with E-state index in [1.54, 1.807) is 25.6 Å². The first-order chi connectivity index (χ1) is 12.7. The summed E-state index contributed by atoms with van der Waals surface area (Å²) < 4.78 is 10.5. The van der Waals surface area contributed by atoms with Crippen LogP contribution in [-0.4, -0.2) is 26.8 Å². The van der Waals surface area contributed by atoms with Gasteiger partial charge in [-0.2, -0.15) is 11.3 Å². The van der Waals surface area contributed by atoms with Crippen molar-refractivity contribution < 1.29 is 14.3 Å². The van der Waals surface area contributed by atoms with Crippen molar-refractivity contribution >= 4 is 17.4 Å². The fourth-order valence-electron chi connectivity index (χ4n) is 3.67. The largest absolute Gasteiger partial charge is 0.493 e. The SMILES string of the molecule is COc1ccc(CNC(=O)NCC2(c3ccsc3)CCCC2)cc1OC. The van der Waals surface area contributed by atoms with Crippen LogP contribution in [0.5, 0.6) is 11.5 Å². The van der Waals surface area contributed by atoms with Gasteiger partial charge in [0.2, 0.25) is 0 Å². The maximum Gasteiger partial charge on any atom is 0.315 e. The minimum absolute atomic E-state index is 0.0979. The molecular formula is C20H26N2O3S. The highest BCUT2D eigenvalue weighted by atomic mass is 32.1. The molecule has 26 heavy (non-hydrogen) atoms. The Labute approximate surface area is 158 Å². The second-order valence-corrected chi connectivity index (χ2v) is 7.51. The number of nitrogens with one attached hydrogen (secondary N) is 2. The molecule has 1 fully saturated rings. The number of thiophene rings is 1. The van der Waals surface area contributed by atoms with Crippen LogP contribution in [0.1, 0.15) is 36.8 Å². The first-order valence-electron chi connectivity index (χ1n) is 8.92. The number of carbonyl (C=O) groups excluding carboxylic acids is 1. The van der Waals surface area contributed by atoms with Crippen LogP contribution >= 0.6 is 11.3 Å². The molecule has 0 radical (unpaired) electrons. The van der Waals surface area contributed by atoms with Crippen LogP contribution in [0.3, 0.4) is 0 Å². The third-order valence-corrected chi connectivity index (χ3v) is 5.87. The van der Waals surface area contributed by atoms with E-state index >= 15 is 0 Å². The highest BCUT2D eigenvalue weighted by molar-refractivity contribution is 7.08. The normalized spacial score (nSPS) is 15.5. The van der Waals surface area contributed by atoms with Crippen LogP contribution in [0.2, 0.25) is 0 Å². The fraction of sp³-hybridized carbons (Fsp3) is 0.450. The monoisotopic (exact) mass is 374 g/mol. The highest BCUT2D eigenvalue weighted by Crippen LogP contribution is 2.41. The number of methoxy groups -OCH3 is 2. The molecular weight excluding hydrogens is 348 g/mol. The molecule has 5 nitrogen and oxygen atoms in total. The average Bonchev–Trinajstić information content (AvgIpc) is 3.36. The van der Waals surface area contributed by atoms with E-state index < -0.39 is 0 Å². The van der Waals surface area contributed by atoms with Gasteiger partial charge in [0, 0.05) is 18.5 Å². The Bertz CT molecular complexity index is 725. The number of urea groups is 1. The summed E-state index contributed by atoms with van der Waals surface area (Å²) in [5, 5.41) is 10.3. The van der Waals surface area contributed by atoms with E-state index in [2.05, 4.69) is 27.5 Å². The number of hydrogen-bond donors (Lipinski definition) is 2. The molecule has 0 spiro atoms. The predicted octanol–water partition coefficient (Wildman–Crippen LogP) is 4.08. The van der Waals surface area contributed by atoms with Crippen LogP contribution in [-0.2, 0) is 12.0 Å². The third-order valence-electron chi connectivity index (χ3n) is 5.18. The van der Waals surface area contributed by atoms with Gasteiger partial charge in [-0.3, -0.25) is 0 Å². The zero-order chi connectivity index (χ0) is 18.4. The Balaban J connectivity index is 1.54. The van der Waals surface area contributed by atoms with Crippen LogP contribution in [0.15, 0.2) is 35.0 Å². The van der Waals surface area contributed by atoms with Gasteiger partial charge in [-0.05, 0) is 52.9 Å². The summed E-state index contributed by atoms with van der Waals surface area (Å²) in [5.41, 5.74) is 2.42. The molecule has 1 heterocycles. The molecule has 1 saturated carbocycles. The fourth-order valence-corrected chi connectivity index (χ4v) is 4.45. The second-order valence-electron chi connectivity index (χ2n) is 6.73. The molecule has 1 aliphatic rings. The minimum Gasteiger partial charge on any atom is -0.493 e. The smallest absolute Gasteiger partial charge is 0.315 e. The average molecular weight is 375 g/mol. The van der Waals surface area contributed by atoms with Gasteiger partial charge in [0.05, 0.1) is 14.2 Å². The van der Waals surface area contributed by atoms with Gasteiger partial charge in [0.1, 0.15) is 0 Å². The summed E-state index contributed by atoms with van der Waals surface area (Å²) in [6.45, 7) is 1.12. The minimum atomic E-state index is -0.138. The Kier molecular flexibility index (Phi) is 6.04. The summed E-state index contributed by atoms with van der Waals surface area (Å²) in [4.78, 5) is 12.3. The molecule has 2 aromatic rings. The van der Waals surface area contributed by atoms with Crippen molar-refractivity contribution in [2.24, 2.45) is 0 Å². The molecule has 0 atom stereocenters. The molecule has 1 aromatic heterocycles. The molecule has 0 bridgehead atoms. The Morgan fingerprint density at radius 2 is 1.88 bits per heavy atom. The molecule has 6 heteroatoms. The van der Waals surface area contributed by atoms with Crippen LogP contribution in [0.25, 0.3) is 0 Å². The van der Waals surface area contributed by atoms with E-state index in [9.17, 15) is 4.79 Å². The molecule has 0 aliphatic heterocycles. The van der Waals surface area contributed by atoms with Gasteiger partial charge in [0.15, 0.2) is 11.5 Å².